The molecule has 1 fully saturated rings. The molecule has 1 aliphatic heterocycles. The number of rotatable bonds is 5. The van der Waals surface area contributed by atoms with Crippen LogP contribution in [0.15, 0.2) is 36.9 Å². The maximum absolute atomic E-state index is 14.3. The molecule has 1 N–H and O–H groups in total. The van der Waals surface area contributed by atoms with Gasteiger partial charge in [-0.15, -0.1) is 0 Å². The molecule has 0 spiro atoms. The van der Waals surface area contributed by atoms with E-state index in [-0.39, 0.29) is 11.5 Å². The highest BCUT2D eigenvalue weighted by atomic mass is 19.1. The predicted octanol–water partition coefficient (Wildman–Crippen LogP) is 2.84. The number of nitrogens with zero attached hydrogens (tertiary/aromatic N) is 4. The van der Waals surface area contributed by atoms with E-state index in [4.69, 9.17) is 0 Å². The second-order valence-electron chi connectivity index (χ2n) is 6.18. The summed E-state index contributed by atoms with van der Waals surface area (Å²) in [5, 5.41) is 0. The highest BCUT2D eigenvalue weighted by Crippen LogP contribution is 2.31. The highest BCUT2D eigenvalue weighted by molar-refractivity contribution is 5.78. The van der Waals surface area contributed by atoms with Crippen molar-refractivity contribution >= 4 is 5.91 Å². The smallest absolute Gasteiger partial charge is 0.222 e. The molecule has 1 saturated heterocycles. The van der Waals surface area contributed by atoms with E-state index in [2.05, 4.69) is 15.0 Å². The van der Waals surface area contributed by atoms with Crippen LogP contribution in [0.5, 0.6) is 0 Å². The summed E-state index contributed by atoms with van der Waals surface area (Å²) in [5.74, 6) is -0.640. The topological polar surface area (TPSA) is 66.8 Å². The lowest BCUT2D eigenvalue weighted by Gasteiger charge is -2.16. The Morgan fingerprint density at radius 3 is 2.77 bits per heavy atom. The average molecular weight is 357 g/mol. The van der Waals surface area contributed by atoms with E-state index in [1.54, 1.807) is 18.7 Å². The van der Waals surface area contributed by atoms with Crippen molar-refractivity contribution in [1.29, 1.82) is 0 Å². The summed E-state index contributed by atoms with van der Waals surface area (Å²) >= 11 is 0. The van der Waals surface area contributed by atoms with E-state index in [1.807, 2.05) is 9.47 Å². The van der Waals surface area contributed by atoms with Crippen LogP contribution in [0.1, 0.15) is 12.8 Å². The normalized spacial score (nSPS) is 14.4. The number of carbonyl (C=O) groups excluding carboxylic acids is 1. The van der Waals surface area contributed by atoms with Crippen LogP contribution in [0.2, 0.25) is 0 Å². The summed E-state index contributed by atoms with van der Waals surface area (Å²) in [5.41, 5.74) is 1.19. The fourth-order valence-electron chi connectivity index (χ4n) is 3.24. The van der Waals surface area contributed by atoms with Gasteiger partial charge < -0.3 is 14.5 Å². The van der Waals surface area contributed by atoms with Gasteiger partial charge in [-0.25, -0.2) is 18.7 Å². The number of hydrogen-bond donors (Lipinski definition) is 1. The molecule has 8 heteroatoms. The molecule has 3 aromatic rings. The van der Waals surface area contributed by atoms with E-state index >= 15 is 0 Å². The quantitative estimate of drug-likeness (QED) is 0.764. The zero-order valence-electron chi connectivity index (χ0n) is 14.0. The largest absolute Gasteiger partial charge is 0.343 e. The van der Waals surface area contributed by atoms with Gasteiger partial charge in [0.25, 0.3) is 0 Å². The van der Waals surface area contributed by atoms with Crippen molar-refractivity contribution in [3.05, 3.63) is 48.6 Å². The molecular weight excluding hydrogens is 340 g/mol. The fraction of sp³-hybridized carbons (Fsp3) is 0.278. The van der Waals surface area contributed by atoms with Gasteiger partial charge in [-0.1, -0.05) is 0 Å². The second kappa shape index (κ2) is 6.70. The number of amides is 1. The van der Waals surface area contributed by atoms with Crippen molar-refractivity contribution in [3.63, 3.8) is 0 Å². The van der Waals surface area contributed by atoms with Gasteiger partial charge in [-0.3, -0.25) is 4.79 Å². The maximum atomic E-state index is 14.3. The van der Waals surface area contributed by atoms with Crippen molar-refractivity contribution in [2.24, 2.45) is 0 Å². The first-order chi connectivity index (χ1) is 12.6. The molecule has 0 radical (unpaired) electrons. The summed E-state index contributed by atoms with van der Waals surface area (Å²) < 4.78 is 29.4. The molecule has 3 heterocycles. The van der Waals surface area contributed by atoms with Gasteiger partial charge in [-0.05, 0) is 18.6 Å². The standard InChI is InChI=1S/C18H17F2N5O/c19-12-3-4-13(14(20)10-12)16-17(18-21-5-6-22-18)25(11-23-16)9-8-24-7-1-2-15(24)26/h3-6,10-11H,1-2,7-9H2,(H,21,22). The van der Waals surface area contributed by atoms with Crippen molar-refractivity contribution in [1.82, 2.24) is 24.4 Å². The van der Waals surface area contributed by atoms with Gasteiger partial charge in [0.05, 0.1) is 6.33 Å². The summed E-state index contributed by atoms with van der Waals surface area (Å²) in [6.45, 7) is 1.81. The molecule has 4 rings (SSSR count). The molecule has 26 heavy (non-hydrogen) atoms. The first kappa shape index (κ1) is 16.4. The van der Waals surface area contributed by atoms with Crippen LogP contribution >= 0.6 is 0 Å². The summed E-state index contributed by atoms with van der Waals surface area (Å²) in [7, 11) is 0. The first-order valence-corrected chi connectivity index (χ1v) is 8.41. The number of hydrogen-bond acceptors (Lipinski definition) is 3. The number of likely N-dealkylation sites (tertiary alicyclic amines) is 1. The lowest BCUT2D eigenvalue weighted by atomic mass is 10.1. The Labute approximate surface area is 148 Å². The van der Waals surface area contributed by atoms with E-state index in [0.717, 1.165) is 19.0 Å². The van der Waals surface area contributed by atoms with Gasteiger partial charge in [0.1, 0.15) is 23.0 Å². The van der Waals surface area contributed by atoms with Gasteiger partial charge in [0.15, 0.2) is 5.82 Å². The second-order valence-corrected chi connectivity index (χ2v) is 6.18. The minimum atomic E-state index is -0.683. The van der Waals surface area contributed by atoms with Crippen LogP contribution in [0.25, 0.3) is 22.8 Å². The minimum absolute atomic E-state index is 0.148. The number of aromatic nitrogens is 4. The molecule has 0 saturated carbocycles. The average Bonchev–Trinajstić information content (AvgIpc) is 3.33. The monoisotopic (exact) mass is 357 g/mol. The molecule has 0 bridgehead atoms. The fourth-order valence-corrected chi connectivity index (χ4v) is 3.24. The van der Waals surface area contributed by atoms with Crippen molar-refractivity contribution < 1.29 is 13.6 Å². The van der Waals surface area contributed by atoms with Gasteiger partial charge in [0.2, 0.25) is 5.91 Å². The number of nitrogens with one attached hydrogen (secondary N) is 1. The molecule has 1 amide bonds. The van der Waals surface area contributed by atoms with Gasteiger partial charge >= 0.3 is 0 Å². The third-order valence-electron chi connectivity index (χ3n) is 4.53. The lowest BCUT2D eigenvalue weighted by Crippen LogP contribution is -2.28. The van der Waals surface area contributed by atoms with E-state index in [1.165, 1.54) is 12.1 Å². The van der Waals surface area contributed by atoms with E-state index in [0.29, 0.717) is 36.7 Å². The number of halogens is 2. The zero-order valence-corrected chi connectivity index (χ0v) is 14.0. The van der Waals surface area contributed by atoms with Crippen LogP contribution in [0, 0.1) is 11.6 Å². The van der Waals surface area contributed by atoms with E-state index in [9.17, 15) is 13.6 Å². The van der Waals surface area contributed by atoms with Gasteiger partial charge in [-0.2, -0.15) is 0 Å². The van der Waals surface area contributed by atoms with Crippen LogP contribution in [0.3, 0.4) is 0 Å². The van der Waals surface area contributed by atoms with Crippen molar-refractivity contribution in [2.75, 3.05) is 13.1 Å². The molecule has 1 aromatic carbocycles. The Morgan fingerprint density at radius 2 is 2.08 bits per heavy atom. The number of H-pyrrole nitrogens is 1. The molecule has 134 valence electrons. The number of benzene rings is 1. The maximum Gasteiger partial charge on any atom is 0.222 e. The van der Waals surface area contributed by atoms with E-state index < -0.39 is 11.6 Å². The Hall–Kier alpha value is -3.03. The Morgan fingerprint density at radius 1 is 1.19 bits per heavy atom. The summed E-state index contributed by atoms with van der Waals surface area (Å²) in [4.78, 5) is 25.2. The number of aromatic amines is 1. The van der Waals surface area contributed by atoms with Crippen LogP contribution in [-0.4, -0.2) is 43.4 Å². The Balaban J connectivity index is 1.71. The van der Waals surface area contributed by atoms with Crippen LogP contribution < -0.4 is 0 Å². The van der Waals surface area contributed by atoms with Crippen molar-refractivity contribution in [3.8, 4) is 22.8 Å². The SMILES string of the molecule is O=C1CCCN1CCn1cnc(-c2ccc(F)cc2F)c1-c1ncc[nH]1. The highest BCUT2D eigenvalue weighted by Gasteiger charge is 2.23. The van der Waals surface area contributed by atoms with Gasteiger partial charge in [0, 0.05) is 50.1 Å². The number of imidazole rings is 2. The lowest BCUT2D eigenvalue weighted by molar-refractivity contribution is -0.127. The molecular formula is C18H17F2N5O. The van der Waals surface area contributed by atoms with Crippen LogP contribution in [-0.2, 0) is 11.3 Å². The van der Waals surface area contributed by atoms with Crippen molar-refractivity contribution in [2.45, 2.75) is 19.4 Å². The molecule has 1 aliphatic rings. The first-order valence-electron chi connectivity index (χ1n) is 8.41. The minimum Gasteiger partial charge on any atom is -0.343 e. The molecule has 0 atom stereocenters. The molecule has 2 aromatic heterocycles. The molecule has 0 aliphatic carbocycles. The zero-order chi connectivity index (χ0) is 18.1. The predicted molar refractivity (Wildman–Crippen MR) is 91.0 cm³/mol. The molecule has 6 nitrogen and oxygen atoms in total. The summed E-state index contributed by atoms with van der Waals surface area (Å²) in [6.07, 6.45) is 6.32. The third-order valence-corrected chi connectivity index (χ3v) is 4.53. The molecule has 0 unspecified atom stereocenters. The Bertz CT molecular complexity index is 935. The summed E-state index contributed by atoms with van der Waals surface area (Å²) in [6, 6.07) is 3.41. The number of carbonyl (C=O) groups is 1. The van der Waals surface area contributed by atoms with Crippen LogP contribution in [0.4, 0.5) is 8.78 Å². The third kappa shape index (κ3) is 2.98. The Kier molecular flexibility index (Phi) is 4.24.